The topological polar surface area (TPSA) is 81.6 Å². The molecule has 0 spiro atoms. The molecule has 0 aromatic heterocycles. The Morgan fingerprint density at radius 1 is 0.875 bits per heavy atom. The van der Waals surface area contributed by atoms with Gasteiger partial charge in [0.15, 0.2) is 0 Å². The normalized spacial score (nSPS) is 32.1. The van der Waals surface area contributed by atoms with E-state index in [1.165, 1.54) is 77.0 Å². The Hall–Kier alpha value is -0.490. The summed E-state index contributed by atoms with van der Waals surface area (Å²) < 4.78 is 6.27. The molecule has 4 rings (SSSR count). The average Bonchev–Trinajstić information content (AvgIpc) is 3.39. The molecular weight excluding hydrogens is 637 g/mol. The van der Waals surface area contributed by atoms with Crippen LogP contribution in [0.5, 0.6) is 0 Å². The summed E-state index contributed by atoms with van der Waals surface area (Å²) in [5.74, 6) is 5.96. The van der Waals surface area contributed by atoms with Crippen LogP contribution in [0.25, 0.3) is 0 Å². The number of carbonyl (C=O) groups excluding carboxylic acids is 1. The van der Waals surface area contributed by atoms with Crippen molar-refractivity contribution in [3.8, 4) is 0 Å². The third-order valence-corrected chi connectivity index (χ3v) is 14.3. The molecule has 9 atom stereocenters. The standard InChI is InChI=1S/C41H75N3O2.2ClH/c1-7-32(30(2)3)16-15-31(4)36-19-20-37-35-18-17-33-29-34(21-23-40(33,5)38(35)22-24-41(36,37)6)46-39(45)44(28-14-26-43)27-13-11-9-8-10-12-25-42;;/h17,30-32,34-38H,7-16,18-29,42-43H2,1-6H3;2*1H/t31-,32-,34+,35+,36-,37+,38+,40+,41-;;/m1../s1. The lowest BCUT2D eigenvalue weighted by Gasteiger charge is -2.58. The van der Waals surface area contributed by atoms with Gasteiger partial charge in [-0.2, -0.15) is 0 Å². The van der Waals surface area contributed by atoms with Crippen LogP contribution in [-0.4, -0.2) is 43.3 Å². The molecule has 1 amide bonds. The van der Waals surface area contributed by atoms with Crippen LogP contribution < -0.4 is 11.5 Å². The molecule has 4 aliphatic rings. The number of carbonyl (C=O) groups is 1. The summed E-state index contributed by atoms with van der Waals surface area (Å²) in [4.78, 5) is 15.3. The van der Waals surface area contributed by atoms with Crippen LogP contribution in [0, 0.1) is 52.3 Å². The Balaban J connectivity index is 0.00000400. The lowest BCUT2D eigenvalue weighted by atomic mass is 9.47. The Morgan fingerprint density at radius 2 is 1.54 bits per heavy atom. The first-order valence-electron chi connectivity index (χ1n) is 20.1. The van der Waals surface area contributed by atoms with Crippen LogP contribution >= 0.6 is 24.8 Å². The van der Waals surface area contributed by atoms with Crippen molar-refractivity contribution in [3.05, 3.63) is 11.6 Å². The van der Waals surface area contributed by atoms with Crippen molar-refractivity contribution in [2.45, 2.75) is 163 Å². The molecule has 0 heterocycles. The summed E-state index contributed by atoms with van der Waals surface area (Å²) in [7, 11) is 0. The van der Waals surface area contributed by atoms with E-state index in [0.29, 0.717) is 18.5 Å². The summed E-state index contributed by atoms with van der Waals surface area (Å²) in [6, 6.07) is 0. The second kappa shape index (κ2) is 20.5. The van der Waals surface area contributed by atoms with Crippen molar-refractivity contribution in [1.29, 1.82) is 0 Å². The predicted molar refractivity (Wildman–Crippen MR) is 209 cm³/mol. The molecular formula is C41H77Cl2N3O2. The van der Waals surface area contributed by atoms with Crippen molar-refractivity contribution in [2.24, 2.45) is 63.7 Å². The maximum atomic E-state index is 13.4. The first kappa shape index (κ1) is 43.7. The zero-order valence-corrected chi connectivity index (χ0v) is 33.6. The minimum Gasteiger partial charge on any atom is -0.446 e. The highest BCUT2D eigenvalue weighted by atomic mass is 35.5. The minimum atomic E-state index is -0.113. The summed E-state index contributed by atoms with van der Waals surface area (Å²) in [5.41, 5.74) is 13.9. The van der Waals surface area contributed by atoms with Crippen molar-refractivity contribution in [1.82, 2.24) is 4.90 Å². The molecule has 3 saturated carbocycles. The molecule has 0 saturated heterocycles. The molecule has 5 nitrogen and oxygen atoms in total. The maximum absolute atomic E-state index is 13.4. The Bertz CT molecular complexity index is 977. The summed E-state index contributed by atoms with van der Waals surface area (Å²) >= 11 is 0. The molecule has 0 unspecified atom stereocenters. The van der Waals surface area contributed by atoms with Crippen molar-refractivity contribution >= 4 is 30.9 Å². The largest absolute Gasteiger partial charge is 0.446 e. The highest BCUT2D eigenvalue weighted by Gasteiger charge is 2.59. The van der Waals surface area contributed by atoms with Crippen LogP contribution in [0.4, 0.5) is 4.79 Å². The molecule has 4 aliphatic carbocycles. The van der Waals surface area contributed by atoms with Gasteiger partial charge >= 0.3 is 6.09 Å². The molecule has 0 bridgehead atoms. The lowest BCUT2D eigenvalue weighted by Crippen LogP contribution is -2.51. The summed E-state index contributed by atoms with van der Waals surface area (Å²) in [6.07, 6.45) is 24.6. The predicted octanol–water partition coefficient (Wildman–Crippen LogP) is 11.0. The number of hydrogen-bond acceptors (Lipinski definition) is 4. The van der Waals surface area contributed by atoms with Gasteiger partial charge in [-0.05, 0) is 136 Å². The molecule has 4 N–H and O–H groups in total. The molecule has 48 heavy (non-hydrogen) atoms. The van der Waals surface area contributed by atoms with Crippen molar-refractivity contribution in [3.63, 3.8) is 0 Å². The molecule has 282 valence electrons. The number of halogens is 2. The zero-order chi connectivity index (χ0) is 33.3. The monoisotopic (exact) mass is 714 g/mol. The maximum Gasteiger partial charge on any atom is 0.410 e. The second-order valence-electron chi connectivity index (χ2n) is 17.2. The number of amides is 1. The number of ether oxygens (including phenoxy) is 1. The Morgan fingerprint density at radius 3 is 2.21 bits per heavy atom. The van der Waals surface area contributed by atoms with Crippen molar-refractivity contribution < 1.29 is 9.53 Å². The van der Waals surface area contributed by atoms with Crippen LogP contribution in [0.1, 0.15) is 157 Å². The minimum absolute atomic E-state index is 0. The number of fused-ring (bicyclic) bond motifs is 5. The van der Waals surface area contributed by atoms with E-state index in [1.807, 2.05) is 4.90 Å². The van der Waals surface area contributed by atoms with Crippen LogP contribution in [0.3, 0.4) is 0 Å². The number of nitrogens with zero attached hydrogens (tertiary/aromatic N) is 1. The van der Waals surface area contributed by atoms with E-state index in [4.69, 9.17) is 16.2 Å². The van der Waals surface area contributed by atoms with Gasteiger partial charge in [0, 0.05) is 19.5 Å². The summed E-state index contributed by atoms with van der Waals surface area (Å²) in [5, 5.41) is 0. The average molecular weight is 715 g/mol. The van der Waals surface area contributed by atoms with Crippen LogP contribution in [-0.2, 0) is 4.74 Å². The highest BCUT2D eigenvalue weighted by molar-refractivity contribution is 5.85. The lowest BCUT2D eigenvalue weighted by molar-refractivity contribution is -0.0595. The van der Waals surface area contributed by atoms with Gasteiger partial charge in [-0.3, -0.25) is 0 Å². The van der Waals surface area contributed by atoms with Gasteiger partial charge in [0.25, 0.3) is 0 Å². The Kier molecular flexibility index (Phi) is 18.7. The van der Waals surface area contributed by atoms with Gasteiger partial charge in [-0.25, -0.2) is 4.79 Å². The quantitative estimate of drug-likeness (QED) is 0.109. The number of rotatable bonds is 18. The number of unbranched alkanes of at least 4 members (excludes halogenated alkanes) is 5. The fraction of sp³-hybridized carbons (Fsp3) is 0.927. The number of nitrogens with two attached hydrogens (primary N) is 2. The van der Waals surface area contributed by atoms with Gasteiger partial charge in [-0.15, -0.1) is 24.8 Å². The van der Waals surface area contributed by atoms with E-state index in [9.17, 15) is 4.79 Å². The van der Waals surface area contributed by atoms with Gasteiger partial charge in [0.1, 0.15) is 6.10 Å². The SMILES string of the molecule is CC[C@H](CC[C@@H](C)[C@H]1CC[C@H]2[C@@H]3CC=C4C[C@@H](OC(=O)N(CCCN)CCCCCCCCN)CC[C@]4(C)[C@H]3CC[C@]12C)C(C)C.Cl.Cl. The summed E-state index contributed by atoms with van der Waals surface area (Å²) in [6.45, 7) is 18.0. The first-order valence-corrected chi connectivity index (χ1v) is 20.1. The molecule has 0 radical (unpaired) electrons. The van der Waals surface area contributed by atoms with Crippen molar-refractivity contribution in [2.75, 3.05) is 26.2 Å². The second-order valence-corrected chi connectivity index (χ2v) is 17.2. The van der Waals surface area contributed by atoms with Gasteiger partial charge < -0.3 is 21.1 Å². The van der Waals surface area contributed by atoms with Gasteiger partial charge in [0.2, 0.25) is 0 Å². The van der Waals surface area contributed by atoms with E-state index in [-0.39, 0.29) is 42.4 Å². The third-order valence-electron chi connectivity index (χ3n) is 14.3. The molecule has 0 aromatic carbocycles. The number of allylic oxidation sites excluding steroid dienone is 1. The van der Waals surface area contributed by atoms with E-state index >= 15 is 0 Å². The highest BCUT2D eigenvalue weighted by Crippen LogP contribution is 2.67. The van der Waals surface area contributed by atoms with E-state index in [0.717, 1.165) is 93.0 Å². The van der Waals surface area contributed by atoms with E-state index < -0.39 is 0 Å². The van der Waals surface area contributed by atoms with Gasteiger partial charge in [-0.1, -0.05) is 91.7 Å². The first-order chi connectivity index (χ1) is 22.1. The molecule has 0 aliphatic heterocycles. The molecule has 3 fully saturated rings. The smallest absolute Gasteiger partial charge is 0.410 e. The van der Waals surface area contributed by atoms with Crippen LogP contribution in [0.2, 0.25) is 0 Å². The van der Waals surface area contributed by atoms with Crippen LogP contribution in [0.15, 0.2) is 11.6 Å². The number of hydrogen-bond donors (Lipinski definition) is 2. The molecule has 7 heteroatoms. The zero-order valence-electron chi connectivity index (χ0n) is 32.0. The third kappa shape index (κ3) is 10.3. The van der Waals surface area contributed by atoms with E-state index in [2.05, 4.69) is 47.6 Å². The fourth-order valence-electron chi connectivity index (χ4n) is 11.3. The Labute approximate surface area is 309 Å². The van der Waals surface area contributed by atoms with E-state index in [1.54, 1.807) is 5.57 Å². The van der Waals surface area contributed by atoms with Gasteiger partial charge in [0.05, 0.1) is 0 Å². The molecule has 0 aromatic rings. The fourth-order valence-corrected chi connectivity index (χ4v) is 11.3.